The topological polar surface area (TPSA) is 63.4 Å². The molecule has 90 valence electrons. The van der Waals surface area contributed by atoms with Crippen LogP contribution in [0.4, 0.5) is 0 Å². The van der Waals surface area contributed by atoms with Crippen LogP contribution < -0.4 is 5.73 Å². The van der Waals surface area contributed by atoms with Crippen LogP contribution in [-0.2, 0) is 9.59 Å². The maximum Gasteiger partial charge on any atom is 0.240 e. The highest BCUT2D eigenvalue weighted by atomic mass is 16.2. The van der Waals surface area contributed by atoms with Crippen LogP contribution in [0, 0.1) is 11.8 Å². The number of rotatable bonds is 3. The molecular weight excluding hydrogens is 216 g/mol. The number of amides is 2. The number of carbonyl (C=O) groups excluding carboxylic acids is 2. The lowest BCUT2D eigenvalue weighted by atomic mass is 10.1. The molecule has 4 heteroatoms. The molecule has 0 saturated carbocycles. The molecule has 0 bridgehead atoms. The van der Waals surface area contributed by atoms with E-state index in [1.165, 1.54) is 4.90 Å². The summed E-state index contributed by atoms with van der Waals surface area (Å²) in [5, 5.41) is 0. The summed E-state index contributed by atoms with van der Waals surface area (Å²) in [6.07, 6.45) is 5.87. The number of hydrogen-bond donors (Lipinski definition) is 1. The fourth-order valence-electron chi connectivity index (χ4n) is 1.67. The predicted octanol–water partition coefficient (Wildman–Crippen LogP) is 0.946. The van der Waals surface area contributed by atoms with E-state index in [9.17, 15) is 9.59 Å². The zero-order chi connectivity index (χ0) is 12.8. The standard InChI is InChI=1S/C13H16N2O2/c1-3-6-10-7-5-8-12(16)15(9-10)11(4-2)13(14)17/h5,7,9,11H,4,8H2,1-2H3,(H2,14,17). The molecule has 0 spiro atoms. The Morgan fingerprint density at radius 1 is 1.65 bits per heavy atom. The second-order valence-corrected chi connectivity index (χ2v) is 3.69. The van der Waals surface area contributed by atoms with Crippen LogP contribution in [0.15, 0.2) is 23.9 Å². The van der Waals surface area contributed by atoms with Crippen LogP contribution >= 0.6 is 0 Å². The molecule has 1 aliphatic rings. The van der Waals surface area contributed by atoms with Gasteiger partial charge in [0.25, 0.3) is 0 Å². The van der Waals surface area contributed by atoms with Gasteiger partial charge in [0.05, 0.1) is 0 Å². The first kappa shape index (κ1) is 13.0. The second kappa shape index (κ2) is 5.90. The Bertz CT molecular complexity index is 438. The molecule has 1 atom stereocenters. The van der Waals surface area contributed by atoms with Gasteiger partial charge in [0, 0.05) is 18.2 Å². The van der Waals surface area contributed by atoms with E-state index in [2.05, 4.69) is 11.8 Å². The largest absolute Gasteiger partial charge is 0.368 e. The van der Waals surface area contributed by atoms with Crippen molar-refractivity contribution in [1.29, 1.82) is 0 Å². The summed E-state index contributed by atoms with van der Waals surface area (Å²) in [6.45, 7) is 3.54. The predicted molar refractivity (Wildman–Crippen MR) is 65.4 cm³/mol. The molecule has 2 amide bonds. The normalized spacial score (nSPS) is 16.7. The highest BCUT2D eigenvalue weighted by Gasteiger charge is 2.25. The number of nitrogens with zero attached hydrogens (tertiary/aromatic N) is 1. The van der Waals surface area contributed by atoms with Gasteiger partial charge in [-0.1, -0.05) is 18.9 Å². The third-order valence-electron chi connectivity index (χ3n) is 2.48. The molecule has 1 unspecified atom stereocenters. The van der Waals surface area contributed by atoms with Crippen molar-refractivity contribution in [3.8, 4) is 11.8 Å². The van der Waals surface area contributed by atoms with Gasteiger partial charge in [-0.3, -0.25) is 9.59 Å². The summed E-state index contributed by atoms with van der Waals surface area (Å²) in [7, 11) is 0. The van der Waals surface area contributed by atoms with Crippen LogP contribution in [0.25, 0.3) is 0 Å². The lowest BCUT2D eigenvalue weighted by molar-refractivity contribution is -0.135. The van der Waals surface area contributed by atoms with Crippen molar-refractivity contribution in [1.82, 2.24) is 4.90 Å². The first-order valence-corrected chi connectivity index (χ1v) is 5.51. The lowest BCUT2D eigenvalue weighted by Gasteiger charge is -2.24. The van der Waals surface area contributed by atoms with Crippen molar-refractivity contribution in [2.24, 2.45) is 5.73 Å². The molecule has 2 N–H and O–H groups in total. The molecule has 0 aromatic heterocycles. The van der Waals surface area contributed by atoms with Crippen LogP contribution in [0.5, 0.6) is 0 Å². The molecule has 17 heavy (non-hydrogen) atoms. The number of nitrogens with two attached hydrogens (primary N) is 1. The molecule has 0 radical (unpaired) electrons. The summed E-state index contributed by atoms with van der Waals surface area (Å²) in [5.74, 6) is 5.00. The first-order valence-electron chi connectivity index (χ1n) is 5.51. The van der Waals surface area contributed by atoms with E-state index in [0.717, 1.165) is 0 Å². The molecule has 4 nitrogen and oxygen atoms in total. The molecule has 0 aromatic carbocycles. The van der Waals surface area contributed by atoms with Crippen molar-refractivity contribution in [3.63, 3.8) is 0 Å². The zero-order valence-electron chi connectivity index (χ0n) is 10.1. The van der Waals surface area contributed by atoms with E-state index >= 15 is 0 Å². The smallest absolute Gasteiger partial charge is 0.240 e. The summed E-state index contributed by atoms with van der Waals surface area (Å²) < 4.78 is 0. The maximum absolute atomic E-state index is 11.8. The quantitative estimate of drug-likeness (QED) is 0.736. The Kier molecular flexibility index (Phi) is 4.53. The Morgan fingerprint density at radius 3 is 2.88 bits per heavy atom. The Labute approximate surface area is 101 Å². The van der Waals surface area contributed by atoms with Crippen molar-refractivity contribution >= 4 is 11.8 Å². The van der Waals surface area contributed by atoms with E-state index in [0.29, 0.717) is 12.0 Å². The molecular formula is C13H16N2O2. The van der Waals surface area contributed by atoms with Crippen LogP contribution in [0.1, 0.15) is 26.7 Å². The highest BCUT2D eigenvalue weighted by Crippen LogP contribution is 2.14. The van der Waals surface area contributed by atoms with Crippen LogP contribution in [0.3, 0.4) is 0 Å². The van der Waals surface area contributed by atoms with Gasteiger partial charge in [0.1, 0.15) is 6.04 Å². The number of hydrogen-bond acceptors (Lipinski definition) is 2. The maximum atomic E-state index is 11.8. The van der Waals surface area contributed by atoms with E-state index in [-0.39, 0.29) is 12.3 Å². The molecule has 0 aliphatic carbocycles. The number of allylic oxidation sites excluding steroid dienone is 2. The van der Waals surface area contributed by atoms with Crippen LogP contribution in [0.2, 0.25) is 0 Å². The fourth-order valence-corrected chi connectivity index (χ4v) is 1.67. The molecule has 0 saturated heterocycles. The number of carbonyl (C=O) groups is 2. The van der Waals surface area contributed by atoms with Gasteiger partial charge < -0.3 is 10.6 Å². The van der Waals surface area contributed by atoms with Crippen molar-refractivity contribution in [2.75, 3.05) is 0 Å². The first-order chi connectivity index (χ1) is 8.10. The average Bonchev–Trinajstić information content (AvgIpc) is 2.43. The van der Waals surface area contributed by atoms with E-state index in [1.807, 2.05) is 6.92 Å². The SMILES string of the molecule is CC#CC1=CN(C(CC)C(N)=O)C(=O)CC=C1. The van der Waals surface area contributed by atoms with Crippen molar-refractivity contribution in [3.05, 3.63) is 23.9 Å². The highest BCUT2D eigenvalue weighted by molar-refractivity contribution is 5.88. The minimum absolute atomic E-state index is 0.139. The van der Waals surface area contributed by atoms with Gasteiger partial charge in [-0.05, 0) is 19.4 Å². The van der Waals surface area contributed by atoms with Crippen molar-refractivity contribution < 1.29 is 9.59 Å². The monoisotopic (exact) mass is 232 g/mol. The lowest BCUT2D eigenvalue weighted by Crippen LogP contribution is -2.44. The van der Waals surface area contributed by atoms with Gasteiger partial charge in [-0.15, -0.1) is 5.92 Å². The third-order valence-corrected chi connectivity index (χ3v) is 2.48. The number of primary amides is 1. The van der Waals surface area contributed by atoms with Gasteiger partial charge in [-0.25, -0.2) is 0 Å². The van der Waals surface area contributed by atoms with Gasteiger partial charge in [-0.2, -0.15) is 0 Å². The van der Waals surface area contributed by atoms with Crippen molar-refractivity contribution in [2.45, 2.75) is 32.7 Å². The van der Waals surface area contributed by atoms with Gasteiger partial charge >= 0.3 is 0 Å². The Balaban J connectivity index is 3.09. The summed E-state index contributed by atoms with van der Waals surface area (Å²) in [5.41, 5.74) is 6.00. The van der Waals surface area contributed by atoms with Crippen LogP contribution in [-0.4, -0.2) is 22.8 Å². The third kappa shape index (κ3) is 3.22. The van der Waals surface area contributed by atoms with E-state index in [4.69, 9.17) is 5.73 Å². The molecule has 1 rings (SSSR count). The summed E-state index contributed by atoms with van der Waals surface area (Å²) in [4.78, 5) is 24.5. The summed E-state index contributed by atoms with van der Waals surface area (Å²) in [6, 6.07) is -0.601. The molecule has 0 fully saturated rings. The van der Waals surface area contributed by atoms with Gasteiger partial charge in [0.15, 0.2) is 0 Å². The zero-order valence-corrected chi connectivity index (χ0v) is 10.1. The van der Waals surface area contributed by atoms with E-state index < -0.39 is 11.9 Å². The van der Waals surface area contributed by atoms with E-state index in [1.54, 1.807) is 25.3 Å². The second-order valence-electron chi connectivity index (χ2n) is 3.69. The molecule has 1 heterocycles. The Morgan fingerprint density at radius 2 is 2.35 bits per heavy atom. The average molecular weight is 232 g/mol. The molecule has 0 aromatic rings. The minimum atomic E-state index is -0.601. The fraction of sp³-hybridized carbons (Fsp3) is 0.385. The summed E-state index contributed by atoms with van der Waals surface area (Å²) >= 11 is 0. The van der Waals surface area contributed by atoms with Gasteiger partial charge in [0.2, 0.25) is 11.8 Å². The molecule has 1 aliphatic heterocycles. The minimum Gasteiger partial charge on any atom is -0.368 e. The Hall–Kier alpha value is -2.02.